The van der Waals surface area contributed by atoms with E-state index in [4.69, 9.17) is 0 Å². The Morgan fingerprint density at radius 3 is 2.32 bits per heavy atom. The summed E-state index contributed by atoms with van der Waals surface area (Å²) in [6.45, 7) is 12.3. The second kappa shape index (κ2) is 6.95. The van der Waals surface area contributed by atoms with Crippen molar-refractivity contribution in [1.82, 2.24) is 5.32 Å². The van der Waals surface area contributed by atoms with Gasteiger partial charge >= 0.3 is 0 Å². The minimum absolute atomic E-state index is 0.181. The van der Waals surface area contributed by atoms with E-state index in [1.165, 1.54) is 11.3 Å². The Hall–Kier alpha value is -1.02. The summed E-state index contributed by atoms with van der Waals surface area (Å²) >= 11 is 0. The molecule has 0 heterocycles. The van der Waals surface area contributed by atoms with Gasteiger partial charge in [-0.15, -0.1) is 0 Å². The fraction of sp³-hybridized carbons (Fsp3) is 0.647. The summed E-state index contributed by atoms with van der Waals surface area (Å²) < 4.78 is 0. The van der Waals surface area contributed by atoms with E-state index in [2.05, 4.69) is 76.1 Å². The third kappa shape index (κ3) is 3.73. The van der Waals surface area contributed by atoms with Crippen LogP contribution in [0, 0.1) is 0 Å². The molecular weight excluding hydrogens is 232 g/mol. The van der Waals surface area contributed by atoms with Gasteiger partial charge in [0.15, 0.2) is 0 Å². The van der Waals surface area contributed by atoms with Gasteiger partial charge in [-0.25, -0.2) is 0 Å². The summed E-state index contributed by atoms with van der Waals surface area (Å²) in [6.07, 6.45) is 2.25. The molecule has 0 aliphatic heterocycles. The van der Waals surface area contributed by atoms with Crippen molar-refractivity contribution in [3.8, 4) is 0 Å². The van der Waals surface area contributed by atoms with Gasteiger partial charge in [-0.1, -0.05) is 39.0 Å². The van der Waals surface area contributed by atoms with Crippen LogP contribution in [0.5, 0.6) is 0 Å². The molecule has 1 N–H and O–H groups in total. The third-order valence-corrected chi connectivity index (χ3v) is 4.31. The zero-order valence-corrected chi connectivity index (χ0v) is 13.5. The molecule has 0 aromatic heterocycles. The molecule has 0 aliphatic rings. The molecule has 0 spiro atoms. The number of rotatable bonds is 7. The van der Waals surface area contributed by atoms with Crippen LogP contribution in [-0.4, -0.2) is 19.1 Å². The molecule has 2 heteroatoms. The number of benzene rings is 1. The molecule has 0 radical (unpaired) electrons. The summed E-state index contributed by atoms with van der Waals surface area (Å²) in [5.41, 5.74) is 2.94. The first kappa shape index (κ1) is 16.0. The van der Waals surface area contributed by atoms with Crippen molar-refractivity contribution in [2.75, 3.05) is 18.5 Å². The van der Waals surface area contributed by atoms with Crippen LogP contribution in [0.25, 0.3) is 0 Å². The first-order chi connectivity index (χ1) is 8.97. The minimum Gasteiger partial charge on any atom is -0.369 e. The van der Waals surface area contributed by atoms with Crippen molar-refractivity contribution >= 4 is 5.69 Å². The molecule has 0 saturated carbocycles. The normalized spacial score (nSPS) is 13.4. The van der Waals surface area contributed by atoms with Gasteiger partial charge in [0.05, 0.1) is 0 Å². The van der Waals surface area contributed by atoms with E-state index >= 15 is 0 Å². The average molecular weight is 262 g/mol. The predicted molar refractivity (Wildman–Crippen MR) is 85.9 cm³/mol. The maximum atomic E-state index is 3.59. The lowest BCUT2D eigenvalue weighted by Gasteiger charge is -2.39. The number of hydrogen-bond acceptors (Lipinski definition) is 2. The summed E-state index contributed by atoms with van der Waals surface area (Å²) in [7, 11) is 2.21. The summed E-state index contributed by atoms with van der Waals surface area (Å²) in [5, 5.41) is 3.59. The number of nitrogens with one attached hydrogen (secondary N) is 1. The molecule has 1 atom stereocenters. The predicted octanol–water partition coefficient (Wildman–Crippen LogP) is 4.37. The fourth-order valence-electron chi connectivity index (χ4n) is 2.37. The van der Waals surface area contributed by atoms with Crippen LogP contribution in [0.3, 0.4) is 0 Å². The van der Waals surface area contributed by atoms with Crippen LogP contribution in [0.2, 0.25) is 0 Å². The lowest BCUT2D eigenvalue weighted by atomic mass is 9.95. The Balaban J connectivity index is 3.14. The Morgan fingerprint density at radius 1 is 1.16 bits per heavy atom. The Kier molecular flexibility index (Phi) is 5.86. The van der Waals surface area contributed by atoms with Crippen LogP contribution >= 0.6 is 0 Å². The van der Waals surface area contributed by atoms with Gasteiger partial charge in [0, 0.05) is 24.3 Å². The van der Waals surface area contributed by atoms with Crippen molar-refractivity contribution in [2.24, 2.45) is 0 Å². The van der Waals surface area contributed by atoms with Crippen molar-refractivity contribution in [2.45, 2.75) is 59.0 Å². The number of nitrogens with zero attached hydrogens (tertiary/aromatic N) is 1. The number of para-hydroxylation sites is 1. The van der Waals surface area contributed by atoms with E-state index in [1.54, 1.807) is 0 Å². The molecule has 0 bridgehead atoms. The highest BCUT2D eigenvalue weighted by atomic mass is 15.2. The number of hydrogen-bond donors (Lipinski definition) is 1. The topological polar surface area (TPSA) is 15.3 Å². The van der Waals surface area contributed by atoms with Gasteiger partial charge in [-0.05, 0) is 44.9 Å². The molecule has 2 nitrogen and oxygen atoms in total. The molecule has 0 amide bonds. The summed E-state index contributed by atoms with van der Waals surface area (Å²) in [4.78, 5) is 2.42. The largest absolute Gasteiger partial charge is 0.369 e. The highest BCUT2D eigenvalue weighted by molar-refractivity contribution is 5.56. The van der Waals surface area contributed by atoms with Gasteiger partial charge in [-0.3, -0.25) is 0 Å². The average Bonchev–Trinajstić information content (AvgIpc) is 2.44. The summed E-state index contributed by atoms with van der Waals surface area (Å²) in [6, 6.07) is 9.23. The van der Waals surface area contributed by atoms with E-state index in [-0.39, 0.29) is 5.54 Å². The van der Waals surface area contributed by atoms with E-state index in [0.717, 1.165) is 19.4 Å². The van der Waals surface area contributed by atoms with Crippen LogP contribution in [0.4, 0.5) is 5.69 Å². The van der Waals surface area contributed by atoms with E-state index in [0.29, 0.717) is 6.04 Å². The molecule has 1 aromatic carbocycles. The molecule has 1 aromatic rings. The second-order valence-electron chi connectivity index (χ2n) is 5.80. The van der Waals surface area contributed by atoms with Crippen molar-refractivity contribution < 1.29 is 0 Å². The van der Waals surface area contributed by atoms with Crippen LogP contribution in [0.15, 0.2) is 24.3 Å². The van der Waals surface area contributed by atoms with Crippen molar-refractivity contribution in [1.29, 1.82) is 0 Å². The molecule has 19 heavy (non-hydrogen) atoms. The first-order valence-electron chi connectivity index (χ1n) is 7.54. The highest BCUT2D eigenvalue weighted by Crippen LogP contribution is 2.32. The zero-order chi connectivity index (χ0) is 14.5. The molecular formula is C17H30N2. The lowest BCUT2D eigenvalue weighted by Crippen LogP contribution is -2.41. The third-order valence-electron chi connectivity index (χ3n) is 4.31. The molecule has 108 valence electrons. The fourth-order valence-corrected chi connectivity index (χ4v) is 2.37. The van der Waals surface area contributed by atoms with Crippen LogP contribution < -0.4 is 10.2 Å². The highest BCUT2D eigenvalue weighted by Gasteiger charge is 2.24. The van der Waals surface area contributed by atoms with E-state index in [9.17, 15) is 0 Å². The molecule has 0 saturated heterocycles. The van der Waals surface area contributed by atoms with Crippen LogP contribution in [-0.2, 0) is 0 Å². The standard InChI is InChI=1S/C17H30N2/c1-7-15(18-9-3)14-12-10-11-13-16(14)19(6)17(4,5)8-2/h10-13,15,18H,7-9H2,1-6H3. The van der Waals surface area contributed by atoms with Crippen molar-refractivity contribution in [3.05, 3.63) is 29.8 Å². The monoisotopic (exact) mass is 262 g/mol. The Bertz CT molecular complexity index is 385. The molecule has 0 fully saturated rings. The van der Waals surface area contributed by atoms with Gasteiger partial charge in [0.2, 0.25) is 0 Å². The van der Waals surface area contributed by atoms with E-state index in [1.807, 2.05) is 0 Å². The quantitative estimate of drug-likeness (QED) is 0.785. The SMILES string of the molecule is CCNC(CC)c1ccccc1N(C)C(C)(C)CC. The molecule has 1 unspecified atom stereocenters. The lowest BCUT2D eigenvalue weighted by molar-refractivity contribution is 0.464. The Labute approximate surface area is 119 Å². The second-order valence-corrected chi connectivity index (χ2v) is 5.80. The van der Waals surface area contributed by atoms with Gasteiger partial charge in [-0.2, -0.15) is 0 Å². The van der Waals surface area contributed by atoms with Crippen molar-refractivity contribution in [3.63, 3.8) is 0 Å². The Morgan fingerprint density at radius 2 is 1.79 bits per heavy atom. The first-order valence-corrected chi connectivity index (χ1v) is 7.54. The van der Waals surface area contributed by atoms with E-state index < -0.39 is 0 Å². The maximum absolute atomic E-state index is 3.59. The minimum atomic E-state index is 0.181. The smallest absolute Gasteiger partial charge is 0.0416 e. The zero-order valence-electron chi connectivity index (χ0n) is 13.5. The molecule has 0 aliphatic carbocycles. The summed E-state index contributed by atoms with van der Waals surface area (Å²) in [5.74, 6) is 0. The molecule has 1 rings (SSSR count). The number of anilines is 1. The van der Waals surface area contributed by atoms with Gasteiger partial charge < -0.3 is 10.2 Å². The van der Waals surface area contributed by atoms with Gasteiger partial charge in [0.1, 0.15) is 0 Å². The van der Waals surface area contributed by atoms with Gasteiger partial charge in [0.25, 0.3) is 0 Å². The van der Waals surface area contributed by atoms with Crippen LogP contribution in [0.1, 0.15) is 59.1 Å². The maximum Gasteiger partial charge on any atom is 0.0416 e.